The molecule has 0 aliphatic rings. The molecule has 2 rings (SSSR count). The van der Waals surface area contributed by atoms with Gasteiger partial charge in [0.25, 0.3) is 0 Å². The molecule has 0 amide bonds. The smallest absolute Gasteiger partial charge is 0.0713 e. The fraction of sp³-hybridized carbons (Fsp3) is 0. The van der Waals surface area contributed by atoms with Crippen molar-refractivity contribution in [2.45, 2.75) is 0 Å². The van der Waals surface area contributed by atoms with Crippen molar-refractivity contribution < 1.29 is 0 Å². The van der Waals surface area contributed by atoms with Crippen LogP contribution in [0.5, 0.6) is 0 Å². The topological polar surface area (TPSA) is 25.8 Å². The zero-order valence-electron chi connectivity index (χ0n) is 6.81. The lowest BCUT2D eigenvalue weighted by molar-refractivity contribution is 1.27. The van der Waals surface area contributed by atoms with Crippen LogP contribution in [0, 0.1) is 3.57 Å². The van der Waals surface area contributed by atoms with E-state index in [-0.39, 0.29) is 0 Å². The Hall–Kier alpha value is -0.970. The second-order valence-electron chi connectivity index (χ2n) is 2.57. The molecular formula is C10H7IN2. The molecule has 0 N–H and O–H groups in total. The molecule has 0 spiro atoms. The monoisotopic (exact) mass is 282 g/mol. The van der Waals surface area contributed by atoms with Crippen molar-refractivity contribution in [1.82, 2.24) is 9.97 Å². The Kier molecular flexibility index (Phi) is 2.54. The molecule has 2 aromatic heterocycles. The first-order valence-electron chi connectivity index (χ1n) is 3.89. The summed E-state index contributed by atoms with van der Waals surface area (Å²) in [7, 11) is 0. The summed E-state index contributed by atoms with van der Waals surface area (Å²) in [5.74, 6) is 0. The van der Waals surface area contributed by atoms with Crippen molar-refractivity contribution in [1.29, 1.82) is 0 Å². The SMILES string of the molecule is Ic1cnccc1-c1ccccn1. The molecule has 0 unspecified atom stereocenters. The van der Waals surface area contributed by atoms with Crippen LogP contribution in [0.2, 0.25) is 0 Å². The van der Waals surface area contributed by atoms with Gasteiger partial charge in [0.2, 0.25) is 0 Å². The van der Waals surface area contributed by atoms with Gasteiger partial charge in [0.15, 0.2) is 0 Å². The van der Waals surface area contributed by atoms with Crippen LogP contribution in [0.4, 0.5) is 0 Å². The molecule has 0 aliphatic heterocycles. The third kappa shape index (κ3) is 1.85. The molecule has 2 heterocycles. The number of nitrogens with zero attached hydrogens (tertiary/aromatic N) is 2. The Morgan fingerprint density at radius 2 is 2.00 bits per heavy atom. The van der Waals surface area contributed by atoms with Crippen LogP contribution in [0.3, 0.4) is 0 Å². The Morgan fingerprint density at radius 3 is 2.69 bits per heavy atom. The van der Waals surface area contributed by atoms with E-state index in [2.05, 4.69) is 32.6 Å². The molecule has 0 fully saturated rings. The number of halogens is 1. The molecule has 2 aromatic rings. The molecule has 64 valence electrons. The van der Waals surface area contributed by atoms with Crippen molar-refractivity contribution in [2.24, 2.45) is 0 Å². The number of hydrogen-bond donors (Lipinski definition) is 0. The van der Waals surface area contributed by atoms with Gasteiger partial charge in [-0.05, 0) is 40.8 Å². The van der Waals surface area contributed by atoms with Gasteiger partial charge in [0.05, 0.1) is 5.69 Å². The molecular weight excluding hydrogens is 275 g/mol. The highest BCUT2D eigenvalue weighted by Gasteiger charge is 2.01. The van der Waals surface area contributed by atoms with Gasteiger partial charge in [0.1, 0.15) is 0 Å². The van der Waals surface area contributed by atoms with Crippen LogP contribution >= 0.6 is 22.6 Å². The maximum atomic E-state index is 4.28. The van der Waals surface area contributed by atoms with Crippen molar-refractivity contribution in [3.05, 3.63) is 46.4 Å². The van der Waals surface area contributed by atoms with E-state index in [1.54, 1.807) is 12.4 Å². The molecule has 2 nitrogen and oxygen atoms in total. The number of hydrogen-bond acceptors (Lipinski definition) is 2. The van der Waals surface area contributed by atoms with Gasteiger partial charge in [-0.25, -0.2) is 0 Å². The van der Waals surface area contributed by atoms with Crippen LogP contribution in [0.15, 0.2) is 42.9 Å². The lowest BCUT2D eigenvalue weighted by Gasteiger charge is -2.01. The quantitative estimate of drug-likeness (QED) is 0.752. The minimum atomic E-state index is 0.995. The molecule has 0 saturated heterocycles. The van der Waals surface area contributed by atoms with Gasteiger partial charge >= 0.3 is 0 Å². The van der Waals surface area contributed by atoms with Crippen LogP contribution in [0.25, 0.3) is 11.3 Å². The highest BCUT2D eigenvalue weighted by Crippen LogP contribution is 2.21. The summed E-state index contributed by atoms with van der Waals surface area (Å²) in [6.07, 6.45) is 5.42. The lowest BCUT2D eigenvalue weighted by atomic mass is 10.2. The molecule has 0 aromatic carbocycles. The van der Waals surface area contributed by atoms with E-state index in [0.29, 0.717) is 0 Å². The van der Waals surface area contributed by atoms with E-state index in [0.717, 1.165) is 14.8 Å². The average molecular weight is 282 g/mol. The average Bonchev–Trinajstić information content (AvgIpc) is 2.20. The Morgan fingerprint density at radius 1 is 1.08 bits per heavy atom. The third-order valence-corrected chi connectivity index (χ3v) is 2.57. The number of pyridine rings is 2. The minimum Gasteiger partial charge on any atom is -0.264 e. The van der Waals surface area contributed by atoms with Gasteiger partial charge in [-0.1, -0.05) is 6.07 Å². The summed E-state index contributed by atoms with van der Waals surface area (Å²) in [5, 5.41) is 0. The third-order valence-electron chi connectivity index (χ3n) is 1.71. The molecule has 13 heavy (non-hydrogen) atoms. The fourth-order valence-electron chi connectivity index (χ4n) is 1.11. The minimum absolute atomic E-state index is 0.995. The van der Waals surface area contributed by atoms with Crippen molar-refractivity contribution in [2.75, 3.05) is 0 Å². The number of rotatable bonds is 1. The highest BCUT2D eigenvalue weighted by atomic mass is 127. The van der Waals surface area contributed by atoms with Crippen LogP contribution < -0.4 is 0 Å². The second kappa shape index (κ2) is 3.83. The van der Waals surface area contributed by atoms with Crippen molar-refractivity contribution in [3.8, 4) is 11.3 Å². The van der Waals surface area contributed by atoms with Gasteiger partial charge in [-0.3, -0.25) is 9.97 Å². The van der Waals surface area contributed by atoms with E-state index in [1.807, 2.05) is 30.5 Å². The van der Waals surface area contributed by atoms with Crippen molar-refractivity contribution in [3.63, 3.8) is 0 Å². The maximum absolute atomic E-state index is 4.28. The summed E-state index contributed by atoms with van der Waals surface area (Å²) >= 11 is 2.26. The first-order valence-corrected chi connectivity index (χ1v) is 4.97. The predicted molar refractivity (Wildman–Crippen MR) is 60.2 cm³/mol. The normalized spacial score (nSPS) is 9.92. The summed E-state index contributed by atoms with van der Waals surface area (Å²) < 4.78 is 1.12. The van der Waals surface area contributed by atoms with Crippen molar-refractivity contribution >= 4 is 22.6 Å². The first-order chi connectivity index (χ1) is 6.38. The van der Waals surface area contributed by atoms with E-state index >= 15 is 0 Å². The first kappa shape index (κ1) is 8.62. The molecule has 0 atom stereocenters. The van der Waals surface area contributed by atoms with Gasteiger partial charge in [-0.15, -0.1) is 0 Å². The Labute approximate surface area is 90.2 Å². The van der Waals surface area contributed by atoms with E-state index < -0.39 is 0 Å². The second-order valence-corrected chi connectivity index (χ2v) is 3.73. The van der Waals surface area contributed by atoms with Gasteiger partial charge < -0.3 is 0 Å². The van der Waals surface area contributed by atoms with Crippen LogP contribution in [-0.2, 0) is 0 Å². The molecule has 0 aliphatic carbocycles. The number of aromatic nitrogens is 2. The highest BCUT2D eigenvalue weighted by molar-refractivity contribution is 14.1. The zero-order valence-corrected chi connectivity index (χ0v) is 8.97. The van der Waals surface area contributed by atoms with Gasteiger partial charge in [-0.2, -0.15) is 0 Å². The van der Waals surface area contributed by atoms with Crippen LogP contribution in [0.1, 0.15) is 0 Å². The van der Waals surface area contributed by atoms with Crippen LogP contribution in [-0.4, -0.2) is 9.97 Å². The molecule has 3 heteroatoms. The fourth-order valence-corrected chi connectivity index (χ4v) is 1.72. The Bertz CT molecular complexity index is 401. The largest absolute Gasteiger partial charge is 0.264 e. The predicted octanol–water partition coefficient (Wildman–Crippen LogP) is 2.75. The summed E-state index contributed by atoms with van der Waals surface area (Å²) in [6.45, 7) is 0. The molecule has 0 radical (unpaired) electrons. The van der Waals surface area contributed by atoms with E-state index in [1.165, 1.54) is 0 Å². The van der Waals surface area contributed by atoms with E-state index in [9.17, 15) is 0 Å². The standard InChI is InChI=1S/C10H7IN2/c11-9-7-12-6-4-8(9)10-3-1-2-5-13-10/h1-7H. The molecule has 0 bridgehead atoms. The molecule has 0 saturated carbocycles. The summed E-state index contributed by atoms with van der Waals surface area (Å²) in [5.41, 5.74) is 2.13. The summed E-state index contributed by atoms with van der Waals surface area (Å²) in [6, 6.07) is 7.87. The maximum Gasteiger partial charge on any atom is 0.0713 e. The Balaban J connectivity index is 2.54. The van der Waals surface area contributed by atoms with Gasteiger partial charge in [0, 0.05) is 27.7 Å². The van der Waals surface area contributed by atoms with E-state index in [4.69, 9.17) is 0 Å². The zero-order chi connectivity index (χ0) is 9.10. The summed E-state index contributed by atoms with van der Waals surface area (Å²) in [4.78, 5) is 8.31. The lowest BCUT2D eigenvalue weighted by Crippen LogP contribution is -1.86.